The topological polar surface area (TPSA) is 35.6 Å². The van der Waals surface area contributed by atoms with Crippen molar-refractivity contribution in [2.45, 2.75) is 0 Å². The van der Waals surface area contributed by atoms with Gasteiger partial charge in [-0.2, -0.15) is 0 Å². The summed E-state index contributed by atoms with van der Waals surface area (Å²) in [5.41, 5.74) is 11.2. The van der Waals surface area contributed by atoms with E-state index < -0.39 is 0 Å². The van der Waals surface area contributed by atoms with Gasteiger partial charge in [0.15, 0.2) is 0 Å². The van der Waals surface area contributed by atoms with Gasteiger partial charge in [-0.1, -0.05) is 109 Å². The molecule has 7 rings (SSSR count). The highest BCUT2D eigenvalue weighted by Crippen LogP contribution is 2.39. The molecule has 0 aliphatic heterocycles. The fourth-order valence-corrected chi connectivity index (χ4v) is 5.99. The van der Waals surface area contributed by atoms with E-state index in [1.54, 1.807) is 0 Å². The normalized spacial score (nSPS) is 11.1. The second-order valence-electron chi connectivity index (χ2n) is 10.7. The number of hydrogen-bond donors (Lipinski definition) is 0. The van der Waals surface area contributed by atoms with Gasteiger partial charge in [-0.25, -0.2) is 9.97 Å². The maximum absolute atomic E-state index is 6.81. The van der Waals surface area contributed by atoms with Crippen LogP contribution in [0.2, 0.25) is 5.02 Å². The van der Waals surface area contributed by atoms with Crippen molar-refractivity contribution in [1.82, 2.24) is 19.1 Å². The van der Waals surface area contributed by atoms with Crippen LogP contribution in [0.1, 0.15) is 0 Å². The van der Waals surface area contributed by atoms with Crippen LogP contribution in [0.3, 0.4) is 0 Å². The van der Waals surface area contributed by atoms with Crippen molar-refractivity contribution in [1.29, 1.82) is 0 Å². The van der Waals surface area contributed by atoms with Crippen molar-refractivity contribution in [3.63, 3.8) is 0 Å². The summed E-state index contributed by atoms with van der Waals surface area (Å²) in [6, 6.07) is 40.5. The third-order valence-corrected chi connectivity index (χ3v) is 8.14. The summed E-state index contributed by atoms with van der Waals surface area (Å²) in [7, 11) is 4.02. The number of benzene rings is 5. The summed E-state index contributed by atoms with van der Waals surface area (Å²) >= 11 is 6.81. The molecule has 0 amide bonds. The SMILES string of the molecule is Cn1ccnc1-c1ccc(-c2ccccc2-c2cc(Cl)cc(-c3ccccc3-c3ccc(-c4nccn4C)cc3)c2)cc1. The lowest BCUT2D eigenvalue weighted by Gasteiger charge is -2.15. The molecule has 7 aromatic rings. The zero-order valence-electron chi connectivity index (χ0n) is 23.9. The molecular formula is C38H29ClN4. The van der Waals surface area contributed by atoms with Gasteiger partial charge in [0.1, 0.15) is 11.6 Å². The highest BCUT2D eigenvalue weighted by molar-refractivity contribution is 6.31. The molecule has 0 saturated carbocycles. The molecule has 0 aliphatic carbocycles. The molecule has 2 heterocycles. The van der Waals surface area contributed by atoms with Crippen LogP contribution in [0.5, 0.6) is 0 Å². The lowest BCUT2D eigenvalue weighted by Crippen LogP contribution is -1.92. The molecule has 5 aromatic carbocycles. The molecule has 0 fully saturated rings. The molecule has 43 heavy (non-hydrogen) atoms. The van der Waals surface area contributed by atoms with E-state index in [0.29, 0.717) is 5.02 Å². The summed E-state index contributed by atoms with van der Waals surface area (Å²) in [6.45, 7) is 0. The van der Waals surface area contributed by atoms with Crippen LogP contribution in [0.15, 0.2) is 140 Å². The van der Waals surface area contributed by atoms with Crippen LogP contribution < -0.4 is 0 Å². The van der Waals surface area contributed by atoms with Gasteiger partial charge in [-0.3, -0.25) is 0 Å². The van der Waals surface area contributed by atoms with Gasteiger partial charge in [0.25, 0.3) is 0 Å². The van der Waals surface area contributed by atoms with E-state index in [-0.39, 0.29) is 0 Å². The van der Waals surface area contributed by atoms with Crippen LogP contribution in [0, 0.1) is 0 Å². The molecule has 2 aromatic heterocycles. The van der Waals surface area contributed by atoms with E-state index in [2.05, 4.69) is 125 Å². The van der Waals surface area contributed by atoms with Gasteiger partial charge in [-0.15, -0.1) is 0 Å². The van der Waals surface area contributed by atoms with E-state index in [4.69, 9.17) is 11.6 Å². The van der Waals surface area contributed by atoms with Crippen molar-refractivity contribution < 1.29 is 0 Å². The third-order valence-electron chi connectivity index (χ3n) is 7.92. The lowest BCUT2D eigenvalue weighted by molar-refractivity contribution is 0.925. The number of halogens is 1. The Morgan fingerprint density at radius 3 is 1.14 bits per heavy atom. The Morgan fingerprint density at radius 1 is 0.442 bits per heavy atom. The summed E-state index contributed by atoms with van der Waals surface area (Å²) in [5, 5.41) is 0.701. The molecule has 0 saturated heterocycles. The Balaban J connectivity index is 1.27. The standard InChI is InChI=1S/C38H29ClN4/c1-42-21-19-40-37(42)28-15-11-26(12-16-28)33-7-3-5-9-35(33)30-23-31(25-32(39)24-30)36-10-6-4-8-34(36)27-13-17-29(18-14-27)38-41-20-22-43(38)2/h3-25H,1-2H3. The van der Waals surface area contributed by atoms with Crippen molar-refractivity contribution in [2.75, 3.05) is 0 Å². The highest BCUT2D eigenvalue weighted by Gasteiger charge is 2.14. The molecule has 0 radical (unpaired) electrons. The lowest BCUT2D eigenvalue weighted by atomic mass is 9.90. The average Bonchev–Trinajstić information content (AvgIpc) is 3.68. The molecule has 4 nitrogen and oxygen atoms in total. The molecule has 0 spiro atoms. The third kappa shape index (κ3) is 5.18. The number of aryl methyl sites for hydroxylation is 2. The molecule has 5 heteroatoms. The second-order valence-corrected chi connectivity index (χ2v) is 11.1. The zero-order chi connectivity index (χ0) is 29.3. The Labute approximate surface area is 256 Å². The number of hydrogen-bond acceptors (Lipinski definition) is 2. The van der Waals surface area contributed by atoms with Gasteiger partial charge < -0.3 is 9.13 Å². The maximum atomic E-state index is 6.81. The monoisotopic (exact) mass is 576 g/mol. The number of aromatic nitrogens is 4. The fraction of sp³-hybridized carbons (Fsp3) is 0.0526. The number of nitrogens with zero attached hydrogens (tertiary/aromatic N) is 4. The first kappa shape index (κ1) is 26.7. The van der Waals surface area contributed by atoms with Gasteiger partial charge in [0.2, 0.25) is 0 Å². The summed E-state index contributed by atoms with van der Waals surface area (Å²) in [6.07, 6.45) is 7.57. The van der Waals surface area contributed by atoms with Crippen molar-refractivity contribution >= 4 is 11.6 Å². The van der Waals surface area contributed by atoms with Crippen molar-refractivity contribution in [2.24, 2.45) is 14.1 Å². The van der Waals surface area contributed by atoms with Gasteiger partial charge in [0, 0.05) is 55.0 Å². The second kappa shape index (κ2) is 11.2. The summed E-state index contributed by atoms with van der Waals surface area (Å²) in [5.74, 6) is 1.90. The van der Waals surface area contributed by atoms with E-state index in [1.165, 1.54) is 0 Å². The minimum absolute atomic E-state index is 0.701. The molecule has 0 atom stereocenters. The van der Waals surface area contributed by atoms with Gasteiger partial charge in [-0.05, 0) is 62.7 Å². The van der Waals surface area contributed by atoms with E-state index in [9.17, 15) is 0 Å². The zero-order valence-corrected chi connectivity index (χ0v) is 24.7. The maximum Gasteiger partial charge on any atom is 0.139 e. The van der Waals surface area contributed by atoms with Crippen LogP contribution in [-0.2, 0) is 14.1 Å². The Bertz CT molecular complexity index is 1900. The van der Waals surface area contributed by atoms with Gasteiger partial charge >= 0.3 is 0 Å². The molecular weight excluding hydrogens is 548 g/mol. The van der Waals surface area contributed by atoms with Crippen molar-refractivity contribution in [3.05, 3.63) is 145 Å². The molecule has 0 aliphatic rings. The van der Waals surface area contributed by atoms with Crippen LogP contribution in [0.4, 0.5) is 0 Å². The Kier molecular flexibility index (Phi) is 6.98. The summed E-state index contributed by atoms with van der Waals surface area (Å²) < 4.78 is 4.06. The largest absolute Gasteiger partial charge is 0.334 e. The van der Waals surface area contributed by atoms with Gasteiger partial charge in [0.05, 0.1) is 0 Å². The first-order chi connectivity index (χ1) is 21.0. The Hall–Kier alpha value is -5.19. The quantitative estimate of drug-likeness (QED) is 0.197. The molecule has 208 valence electrons. The fourth-order valence-electron chi connectivity index (χ4n) is 5.76. The predicted molar refractivity (Wildman–Crippen MR) is 178 cm³/mol. The number of rotatable bonds is 6. The number of imidazole rings is 2. The molecule has 0 unspecified atom stereocenters. The minimum atomic E-state index is 0.701. The summed E-state index contributed by atoms with van der Waals surface area (Å²) in [4.78, 5) is 8.99. The van der Waals surface area contributed by atoms with Crippen LogP contribution >= 0.6 is 11.6 Å². The highest BCUT2D eigenvalue weighted by atomic mass is 35.5. The average molecular weight is 577 g/mol. The van der Waals surface area contributed by atoms with Crippen LogP contribution in [-0.4, -0.2) is 19.1 Å². The van der Waals surface area contributed by atoms with E-state index in [1.807, 2.05) is 48.0 Å². The Morgan fingerprint density at radius 2 is 0.791 bits per heavy atom. The smallest absolute Gasteiger partial charge is 0.139 e. The molecule has 0 N–H and O–H groups in total. The van der Waals surface area contributed by atoms with E-state index >= 15 is 0 Å². The predicted octanol–water partition coefficient (Wildman–Crippen LogP) is 9.81. The minimum Gasteiger partial charge on any atom is -0.334 e. The van der Waals surface area contributed by atoms with Crippen molar-refractivity contribution in [3.8, 4) is 67.3 Å². The van der Waals surface area contributed by atoms with Crippen LogP contribution in [0.25, 0.3) is 67.3 Å². The first-order valence-electron chi connectivity index (χ1n) is 14.2. The first-order valence-corrected chi connectivity index (χ1v) is 14.6. The van der Waals surface area contributed by atoms with E-state index in [0.717, 1.165) is 67.3 Å². The molecule has 0 bridgehead atoms.